The van der Waals surface area contributed by atoms with Gasteiger partial charge in [0.1, 0.15) is 5.82 Å². The lowest BCUT2D eigenvalue weighted by Crippen LogP contribution is -2.39. The summed E-state index contributed by atoms with van der Waals surface area (Å²) in [6, 6.07) is 8.46. The number of hydrogen-bond acceptors (Lipinski definition) is 3. The third kappa shape index (κ3) is 2.78. The van der Waals surface area contributed by atoms with Crippen molar-refractivity contribution < 1.29 is 9.18 Å². The molecule has 2 heterocycles. The lowest BCUT2D eigenvalue weighted by molar-refractivity contribution is 0.0746. The Morgan fingerprint density at radius 2 is 2.14 bits per heavy atom. The van der Waals surface area contributed by atoms with Crippen molar-refractivity contribution in [3.05, 3.63) is 45.9 Å². The first kappa shape index (κ1) is 15.2. The maximum atomic E-state index is 13.1. The lowest BCUT2D eigenvalue weighted by Gasteiger charge is -2.22. The van der Waals surface area contributed by atoms with Gasteiger partial charge in [0.05, 0.1) is 4.88 Å². The van der Waals surface area contributed by atoms with Crippen molar-refractivity contribution in [3.63, 3.8) is 0 Å². The van der Waals surface area contributed by atoms with Gasteiger partial charge in [0, 0.05) is 24.0 Å². The molecule has 1 fully saturated rings. The Morgan fingerprint density at radius 1 is 1.41 bits per heavy atom. The van der Waals surface area contributed by atoms with Crippen LogP contribution in [-0.2, 0) is 0 Å². The minimum Gasteiger partial charge on any atom is -0.334 e. The zero-order valence-corrected chi connectivity index (χ0v) is 13.3. The fourth-order valence-corrected chi connectivity index (χ4v) is 3.99. The van der Waals surface area contributed by atoms with E-state index in [9.17, 15) is 9.18 Å². The number of amides is 1. The molecule has 1 atom stereocenters. The van der Waals surface area contributed by atoms with Crippen molar-refractivity contribution in [1.82, 2.24) is 4.90 Å². The fourth-order valence-electron chi connectivity index (χ4n) is 2.99. The number of hydrogen-bond donors (Lipinski definition) is 1. The topological polar surface area (TPSA) is 46.3 Å². The molecule has 3 nitrogen and oxygen atoms in total. The molecular weight excluding hydrogens is 299 g/mol. The predicted octanol–water partition coefficient (Wildman–Crippen LogP) is 3.43. The molecule has 1 aliphatic rings. The van der Waals surface area contributed by atoms with Crippen LogP contribution in [0.1, 0.15) is 27.4 Å². The molecule has 116 valence electrons. The maximum absolute atomic E-state index is 13.1. The van der Waals surface area contributed by atoms with E-state index < -0.39 is 0 Å². The molecule has 1 aromatic carbocycles. The number of thiophene rings is 1. The first-order chi connectivity index (χ1) is 10.6. The number of carbonyl (C=O) groups is 1. The van der Waals surface area contributed by atoms with Crippen molar-refractivity contribution >= 4 is 17.2 Å². The number of rotatable bonds is 3. The minimum atomic E-state index is -0.254. The highest BCUT2D eigenvalue weighted by Gasteiger charge is 2.29. The van der Waals surface area contributed by atoms with Gasteiger partial charge >= 0.3 is 0 Å². The van der Waals surface area contributed by atoms with Gasteiger partial charge in [0.25, 0.3) is 5.91 Å². The molecule has 1 saturated heterocycles. The number of carbonyl (C=O) groups excluding carboxylic acids is 1. The largest absolute Gasteiger partial charge is 0.334 e. The van der Waals surface area contributed by atoms with Crippen molar-refractivity contribution in [3.8, 4) is 11.1 Å². The number of benzene rings is 1. The second-order valence-electron chi connectivity index (χ2n) is 5.62. The molecule has 1 amide bonds. The SMILES string of the molecule is Cc1sc(C(=O)N2CCCC2CN)cc1-c1ccc(F)cc1. The van der Waals surface area contributed by atoms with Gasteiger partial charge < -0.3 is 10.6 Å². The Morgan fingerprint density at radius 3 is 2.82 bits per heavy atom. The summed E-state index contributed by atoms with van der Waals surface area (Å²) in [5.74, 6) is -0.190. The van der Waals surface area contributed by atoms with Crippen molar-refractivity contribution in [1.29, 1.82) is 0 Å². The van der Waals surface area contributed by atoms with Crippen molar-refractivity contribution in [2.45, 2.75) is 25.8 Å². The number of halogens is 1. The summed E-state index contributed by atoms with van der Waals surface area (Å²) in [7, 11) is 0. The van der Waals surface area contributed by atoms with E-state index in [0.29, 0.717) is 6.54 Å². The second-order valence-corrected chi connectivity index (χ2v) is 6.87. The average molecular weight is 318 g/mol. The molecule has 1 aliphatic heterocycles. The molecular formula is C17H19FN2OS. The predicted molar refractivity (Wildman–Crippen MR) is 87.6 cm³/mol. The molecule has 2 N–H and O–H groups in total. The van der Waals surface area contributed by atoms with Crippen LogP contribution in [0.4, 0.5) is 4.39 Å². The van der Waals surface area contributed by atoms with E-state index in [1.807, 2.05) is 17.9 Å². The third-order valence-electron chi connectivity index (χ3n) is 4.19. The summed E-state index contributed by atoms with van der Waals surface area (Å²) in [6.07, 6.45) is 2.00. The number of nitrogens with zero attached hydrogens (tertiary/aromatic N) is 1. The standard InChI is InChI=1S/C17H19FN2OS/c1-11-15(12-4-6-13(18)7-5-12)9-16(22-11)17(21)20-8-2-3-14(20)10-19/h4-7,9,14H,2-3,8,10,19H2,1H3. The van der Waals surface area contributed by atoms with Crippen molar-refractivity contribution in [2.75, 3.05) is 13.1 Å². The van der Waals surface area contributed by atoms with Crippen LogP contribution in [0.15, 0.2) is 30.3 Å². The van der Waals surface area contributed by atoms with Gasteiger partial charge in [-0.1, -0.05) is 12.1 Å². The van der Waals surface area contributed by atoms with Gasteiger partial charge in [-0.3, -0.25) is 4.79 Å². The summed E-state index contributed by atoms with van der Waals surface area (Å²) in [4.78, 5) is 16.4. The monoisotopic (exact) mass is 318 g/mol. The normalized spacial score (nSPS) is 18.0. The van der Waals surface area contributed by atoms with Gasteiger partial charge in [0.2, 0.25) is 0 Å². The van der Waals surface area contributed by atoms with Crippen LogP contribution in [0.3, 0.4) is 0 Å². The lowest BCUT2D eigenvalue weighted by atomic mass is 10.1. The van der Waals surface area contributed by atoms with E-state index >= 15 is 0 Å². The van der Waals surface area contributed by atoms with E-state index in [1.54, 1.807) is 12.1 Å². The van der Waals surface area contributed by atoms with Crippen LogP contribution >= 0.6 is 11.3 Å². The Bertz CT molecular complexity index is 680. The van der Waals surface area contributed by atoms with E-state index in [-0.39, 0.29) is 17.8 Å². The van der Waals surface area contributed by atoms with Crippen LogP contribution in [0.2, 0.25) is 0 Å². The molecule has 0 radical (unpaired) electrons. The average Bonchev–Trinajstić information content (AvgIpc) is 3.14. The molecule has 5 heteroatoms. The first-order valence-corrected chi connectivity index (χ1v) is 8.29. The zero-order valence-electron chi connectivity index (χ0n) is 12.5. The van der Waals surface area contributed by atoms with Crippen LogP contribution in [-0.4, -0.2) is 29.9 Å². The summed E-state index contributed by atoms with van der Waals surface area (Å²) < 4.78 is 13.1. The van der Waals surface area contributed by atoms with Crippen LogP contribution < -0.4 is 5.73 Å². The first-order valence-electron chi connectivity index (χ1n) is 7.47. The fraction of sp³-hybridized carbons (Fsp3) is 0.353. The Hall–Kier alpha value is -1.72. The molecule has 1 unspecified atom stereocenters. The van der Waals surface area contributed by atoms with E-state index in [4.69, 9.17) is 5.73 Å². The Balaban J connectivity index is 1.88. The summed E-state index contributed by atoms with van der Waals surface area (Å²) in [5.41, 5.74) is 7.69. The molecule has 0 saturated carbocycles. The summed E-state index contributed by atoms with van der Waals surface area (Å²) in [6.45, 7) is 3.29. The summed E-state index contributed by atoms with van der Waals surface area (Å²) in [5, 5.41) is 0. The molecule has 1 aromatic heterocycles. The number of aryl methyl sites for hydroxylation is 1. The molecule has 22 heavy (non-hydrogen) atoms. The summed E-state index contributed by atoms with van der Waals surface area (Å²) >= 11 is 1.50. The number of nitrogens with two attached hydrogens (primary N) is 1. The third-order valence-corrected chi connectivity index (χ3v) is 5.23. The smallest absolute Gasteiger partial charge is 0.264 e. The van der Waals surface area contributed by atoms with E-state index in [1.165, 1.54) is 23.5 Å². The second kappa shape index (κ2) is 6.18. The maximum Gasteiger partial charge on any atom is 0.264 e. The highest BCUT2D eigenvalue weighted by molar-refractivity contribution is 7.14. The highest BCUT2D eigenvalue weighted by Crippen LogP contribution is 2.32. The van der Waals surface area contributed by atoms with Gasteiger partial charge in [0.15, 0.2) is 0 Å². The Kier molecular flexibility index (Phi) is 4.27. The van der Waals surface area contributed by atoms with E-state index in [0.717, 1.165) is 40.3 Å². The van der Waals surface area contributed by atoms with E-state index in [2.05, 4.69) is 0 Å². The van der Waals surface area contributed by atoms with Gasteiger partial charge in [-0.25, -0.2) is 4.39 Å². The van der Waals surface area contributed by atoms with Gasteiger partial charge in [-0.05, 0) is 49.1 Å². The van der Waals surface area contributed by atoms with Gasteiger partial charge in [-0.2, -0.15) is 0 Å². The molecule has 0 bridgehead atoms. The van der Waals surface area contributed by atoms with Crippen LogP contribution in [0, 0.1) is 12.7 Å². The zero-order chi connectivity index (χ0) is 15.7. The minimum absolute atomic E-state index is 0.0643. The molecule has 3 rings (SSSR count). The highest BCUT2D eigenvalue weighted by atomic mass is 32.1. The molecule has 0 aliphatic carbocycles. The molecule has 2 aromatic rings. The van der Waals surface area contributed by atoms with Crippen molar-refractivity contribution in [2.24, 2.45) is 5.73 Å². The molecule has 0 spiro atoms. The van der Waals surface area contributed by atoms with Crippen LogP contribution in [0.5, 0.6) is 0 Å². The number of likely N-dealkylation sites (tertiary alicyclic amines) is 1. The van der Waals surface area contributed by atoms with Gasteiger partial charge in [-0.15, -0.1) is 11.3 Å². The quantitative estimate of drug-likeness (QED) is 0.942. The Labute approximate surface area is 133 Å². The van der Waals surface area contributed by atoms with Crippen LogP contribution in [0.25, 0.3) is 11.1 Å².